The summed E-state index contributed by atoms with van der Waals surface area (Å²) >= 11 is 0. The lowest BCUT2D eigenvalue weighted by atomic mass is 9.92. The molecule has 2 heterocycles. The monoisotopic (exact) mass is 257 g/mol. The molecule has 0 saturated carbocycles. The number of amides is 3. The fraction of sp³-hybridized carbons (Fsp3) is 0.700. The largest absolute Gasteiger partial charge is 0.479 e. The van der Waals surface area contributed by atoms with Gasteiger partial charge in [0.05, 0.1) is 12.0 Å². The third-order valence-electron chi connectivity index (χ3n) is 3.22. The molecule has 2 atom stereocenters. The van der Waals surface area contributed by atoms with Crippen LogP contribution in [0.4, 0.5) is 4.79 Å². The Morgan fingerprint density at radius 1 is 1.56 bits per heavy atom. The molecule has 2 aliphatic rings. The number of nitrogens with one attached hydrogen (secondary N) is 2. The smallest absolute Gasteiger partial charge is 0.341 e. The maximum absolute atomic E-state index is 11.8. The number of likely N-dealkylation sites (tertiary alicyclic amines) is 1. The number of piperidine rings is 1. The number of carboxylic acid groups (broad SMARTS) is 1. The average molecular weight is 257 g/mol. The third kappa shape index (κ3) is 2.53. The van der Waals surface area contributed by atoms with Gasteiger partial charge in [-0.2, -0.15) is 0 Å². The Morgan fingerprint density at radius 3 is 3.06 bits per heavy atom. The van der Waals surface area contributed by atoms with Crippen molar-refractivity contribution in [3.8, 4) is 0 Å². The van der Waals surface area contributed by atoms with E-state index in [0.717, 1.165) is 12.8 Å². The molecule has 0 aromatic carbocycles. The van der Waals surface area contributed by atoms with E-state index < -0.39 is 18.6 Å². The Hall–Kier alpha value is -1.83. The minimum absolute atomic E-state index is 0.0241. The molecule has 8 heteroatoms. The quantitative estimate of drug-likeness (QED) is 0.557. The number of nitrogens with zero attached hydrogens (tertiary/aromatic N) is 1. The van der Waals surface area contributed by atoms with Gasteiger partial charge in [0.15, 0.2) is 6.61 Å². The number of carbonyl (C=O) groups excluding carboxylic acids is 2. The maximum atomic E-state index is 11.8. The van der Waals surface area contributed by atoms with E-state index in [1.54, 1.807) is 0 Å². The minimum atomic E-state index is -1.16. The van der Waals surface area contributed by atoms with Crippen LogP contribution in [0.5, 0.6) is 0 Å². The number of fused-ring (bicyclic) bond motifs is 1. The predicted octanol–water partition coefficient (Wildman–Crippen LogP) is -1.08. The van der Waals surface area contributed by atoms with Crippen molar-refractivity contribution < 1.29 is 24.3 Å². The van der Waals surface area contributed by atoms with Gasteiger partial charge in [0.1, 0.15) is 0 Å². The van der Waals surface area contributed by atoms with Crippen molar-refractivity contribution in [1.82, 2.24) is 15.7 Å². The van der Waals surface area contributed by atoms with Crippen LogP contribution in [0.1, 0.15) is 12.8 Å². The highest BCUT2D eigenvalue weighted by molar-refractivity contribution is 5.84. The van der Waals surface area contributed by atoms with Gasteiger partial charge in [-0.1, -0.05) is 0 Å². The number of rotatable bonds is 3. The number of hydrogen-bond acceptors (Lipinski definition) is 4. The molecule has 0 aromatic heterocycles. The maximum Gasteiger partial charge on any atom is 0.341 e. The van der Waals surface area contributed by atoms with Crippen LogP contribution in [0, 0.1) is 5.92 Å². The molecule has 2 unspecified atom stereocenters. The lowest BCUT2D eigenvalue weighted by Gasteiger charge is -2.35. The Kier molecular flexibility index (Phi) is 3.66. The minimum Gasteiger partial charge on any atom is -0.479 e. The molecule has 0 aromatic rings. The van der Waals surface area contributed by atoms with Crippen molar-refractivity contribution >= 4 is 17.9 Å². The molecule has 2 saturated heterocycles. The second-order valence-corrected chi connectivity index (χ2v) is 4.34. The molecule has 3 N–H and O–H groups in total. The topological polar surface area (TPSA) is 108 Å². The number of aliphatic carboxylic acids is 1. The van der Waals surface area contributed by atoms with Crippen molar-refractivity contribution in [2.24, 2.45) is 5.92 Å². The second-order valence-electron chi connectivity index (χ2n) is 4.34. The Balaban J connectivity index is 1.89. The second kappa shape index (κ2) is 5.21. The molecule has 8 nitrogen and oxygen atoms in total. The van der Waals surface area contributed by atoms with Gasteiger partial charge in [-0.05, 0) is 12.8 Å². The van der Waals surface area contributed by atoms with E-state index in [2.05, 4.69) is 15.6 Å². The van der Waals surface area contributed by atoms with Crippen molar-refractivity contribution in [2.75, 3.05) is 19.7 Å². The standard InChI is InChI=1S/C10H15N3O5/c14-8(15)5-18-12-10(17)13-3-1-2-6-7(13)4-11-9(6)16/h6-7H,1-5H2,(H,11,16)(H,12,17)(H,14,15). The van der Waals surface area contributed by atoms with Crippen molar-refractivity contribution in [3.63, 3.8) is 0 Å². The molecular weight excluding hydrogens is 242 g/mol. The molecule has 0 aliphatic carbocycles. The molecule has 18 heavy (non-hydrogen) atoms. The van der Waals surface area contributed by atoms with Gasteiger partial charge in [-0.25, -0.2) is 15.1 Å². The molecule has 2 rings (SSSR count). The average Bonchev–Trinajstić information content (AvgIpc) is 2.71. The summed E-state index contributed by atoms with van der Waals surface area (Å²) in [5.41, 5.74) is 2.08. The van der Waals surface area contributed by atoms with Crippen LogP contribution in [0.3, 0.4) is 0 Å². The number of hydrogen-bond donors (Lipinski definition) is 3. The van der Waals surface area contributed by atoms with E-state index in [4.69, 9.17) is 5.11 Å². The summed E-state index contributed by atoms with van der Waals surface area (Å²) < 4.78 is 0. The summed E-state index contributed by atoms with van der Waals surface area (Å²) in [6, 6.07) is -0.665. The molecule has 0 bridgehead atoms. The molecule has 0 radical (unpaired) electrons. The Bertz CT molecular complexity index is 373. The van der Waals surface area contributed by atoms with Crippen LogP contribution >= 0.6 is 0 Å². The number of carboxylic acids is 1. The van der Waals surface area contributed by atoms with Gasteiger partial charge in [-0.15, -0.1) is 0 Å². The van der Waals surface area contributed by atoms with Crippen LogP contribution in [-0.2, 0) is 14.4 Å². The van der Waals surface area contributed by atoms with Crippen molar-refractivity contribution in [1.29, 1.82) is 0 Å². The SMILES string of the molecule is O=C(O)CONC(=O)N1CCCC2C(=O)NCC21. The van der Waals surface area contributed by atoms with Crippen LogP contribution in [0.25, 0.3) is 0 Å². The summed E-state index contributed by atoms with van der Waals surface area (Å²) in [4.78, 5) is 39.6. The van der Waals surface area contributed by atoms with Gasteiger partial charge in [-0.3, -0.25) is 9.63 Å². The predicted molar refractivity (Wildman–Crippen MR) is 58.3 cm³/mol. The van der Waals surface area contributed by atoms with Crippen LogP contribution in [0.2, 0.25) is 0 Å². The first-order chi connectivity index (χ1) is 8.59. The third-order valence-corrected chi connectivity index (χ3v) is 3.22. The summed E-state index contributed by atoms with van der Waals surface area (Å²) in [5.74, 6) is -1.35. The zero-order chi connectivity index (χ0) is 13.1. The Morgan fingerprint density at radius 2 is 2.33 bits per heavy atom. The molecule has 0 spiro atoms. The van der Waals surface area contributed by atoms with Gasteiger partial charge < -0.3 is 15.3 Å². The summed E-state index contributed by atoms with van der Waals surface area (Å²) in [6.45, 7) is 0.388. The van der Waals surface area contributed by atoms with Gasteiger partial charge >= 0.3 is 12.0 Å². The van der Waals surface area contributed by atoms with E-state index in [9.17, 15) is 14.4 Å². The molecular formula is C10H15N3O5. The number of carbonyl (C=O) groups is 3. The first-order valence-corrected chi connectivity index (χ1v) is 5.77. The van der Waals surface area contributed by atoms with Crippen molar-refractivity contribution in [2.45, 2.75) is 18.9 Å². The van der Waals surface area contributed by atoms with E-state index >= 15 is 0 Å². The van der Waals surface area contributed by atoms with Crippen LogP contribution in [-0.4, -0.2) is 53.7 Å². The van der Waals surface area contributed by atoms with Gasteiger partial charge in [0.2, 0.25) is 5.91 Å². The highest BCUT2D eigenvalue weighted by Crippen LogP contribution is 2.27. The molecule has 2 fully saturated rings. The summed E-state index contributed by atoms with van der Waals surface area (Å²) in [5, 5.41) is 11.1. The van der Waals surface area contributed by atoms with Crippen molar-refractivity contribution in [3.05, 3.63) is 0 Å². The molecule has 2 aliphatic heterocycles. The number of hydroxylamine groups is 1. The van der Waals surface area contributed by atoms with Gasteiger partial charge in [0.25, 0.3) is 0 Å². The van der Waals surface area contributed by atoms with E-state index in [-0.39, 0.29) is 17.9 Å². The van der Waals surface area contributed by atoms with Crippen LogP contribution in [0.15, 0.2) is 0 Å². The van der Waals surface area contributed by atoms with E-state index in [0.29, 0.717) is 13.1 Å². The zero-order valence-electron chi connectivity index (χ0n) is 9.72. The summed E-state index contributed by atoms with van der Waals surface area (Å²) in [6.07, 6.45) is 1.53. The molecule has 100 valence electrons. The fourth-order valence-corrected chi connectivity index (χ4v) is 2.42. The first-order valence-electron chi connectivity index (χ1n) is 5.77. The van der Waals surface area contributed by atoms with E-state index in [1.807, 2.05) is 0 Å². The lowest BCUT2D eigenvalue weighted by Crippen LogP contribution is -2.52. The molecule has 3 amide bonds. The van der Waals surface area contributed by atoms with Crippen LogP contribution < -0.4 is 10.8 Å². The highest BCUT2D eigenvalue weighted by Gasteiger charge is 2.42. The zero-order valence-corrected chi connectivity index (χ0v) is 9.72. The lowest BCUT2D eigenvalue weighted by molar-refractivity contribution is -0.144. The summed E-state index contributed by atoms with van der Waals surface area (Å²) in [7, 11) is 0. The normalized spacial score (nSPS) is 26.4. The number of urea groups is 1. The highest BCUT2D eigenvalue weighted by atomic mass is 16.7. The first kappa shape index (κ1) is 12.6. The fourth-order valence-electron chi connectivity index (χ4n) is 2.42. The Labute approximate surface area is 103 Å². The van der Waals surface area contributed by atoms with Gasteiger partial charge in [0, 0.05) is 13.1 Å². The van der Waals surface area contributed by atoms with E-state index in [1.165, 1.54) is 4.90 Å².